The van der Waals surface area contributed by atoms with E-state index in [0.29, 0.717) is 5.02 Å². The maximum absolute atomic E-state index is 10.5. The minimum Gasteiger partial charge on any atom is -0.506 e. The van der Waals surface area contributed by atoms with E-state index in [9.17, 15) is 5.11 Å². The number of aromatic hydroxyl groups is 1. The van der Waals surface area contributed by atoms with Gasteiger partial charge in [0.05, 0.1) is 5.02 Å². The van der Waals surface area contributed by atoms with Gasteiger partial charge >= 0.3 is 0 Å². The summed E-state index contributed by atoms with van der Waals surface area (Å²) >= 11 is 6.59. The van der Waals surface area contributed by atoms with Crippen LogP contribution in [0.3, 0.4) is 0 Å². The first-order valence-electron chi connectivity index (χ1n) is 8.06. The fourth-order valence-corrected chi connectivity index (χ4v) is 3.60. The van der Waals surface area contributed by atoms with Crippen LogP contribution in [0.5, 0.6) is 5.75 Å². The maximum Gasteiger partial charge on any atom is 0.138 e. The molecule has 0 aromatic heterocycles. The van der Waals surface area contributed by atoms with Gasteiger partial charge in [-0.05, 0) is 61.1 Å². The SMILES string of the molecule is Cc1ccc(-c2c(C)c(C)c(O)c(Cl)c2-c2ccccc2)c(C)c1. The van der Waals surface area contributed by atoms with E-state index in [-0.39, 0.29) is 5.75 Å². The summed E-state index contributed by atoms with van der Waals surface area (Å²) in [7, 11) is 0. The first kappa shape index (κ1) is 16.6. The van der Waals surface area contributed by atoms with Crippen LogP contribution < -0.4 is 0 Å². The highest BCUT2D eigenvalue weighted by atomic mass is 35.5. The Balaban J connectivity index is 2.44. The van der Waals surface area contributed by atoms with E-state index < -0.39 is 0 Å². The summed E-state index contributed by atoms with van der Waals surface area (Å²) in [5, 5.41) is 10.9. The molecule has 0 aliphatic carbocycles. The molecule has 0 aliphatic rings. The molecule has 3 rings (SSSR count). The summed E-state index contributed by atoms with van der Waals surface area (Å²) in [6.45, 7) is 8.17. The number of hydrogen-bond donors (Lipinski definition) is 1. The van der Waals surface area contributed by atoms with Crippen LogP contribution >= 0.6 is 11.6 Å². The Morgan fingerprint density at radius 1 is 0.792 bits per heavy atom. The van der Waals surface area contributed by atoms with Crippen molar-refractivity contribution < 1.29 is 5.11 Å². The second-order valence-corrected chi connectivity index (χ2v) is 6.72. The lowest BCUT2D eigenvalue weighted by molar-refractivity contribution is 0.471. The van der Waals surface area contributed by atoms with E-state index in [4.69, 9.17) is 11.6 Å². The second kappa shape index (κ2) is 6.33. The van der Waals surface area contributed by atoms with E-state index in [1.54, 1.807) is 0 Å². The van der Waals surface area contributed by atoms with Crippen LogP contribution in [0.4, 0.5) is 0 Å². The molecule has 0 bridgehead atoms. The lowest BCUT2D eigenvalue weighted by atomic mass is 9.86. The van der Waals surface area contributed by atoms with E-state index >= 15 is 0 Å². The number of benzene rings is 3. The van der Waals surface area contributed by atoms with Crippen LogP contribution in [0, 0.1) is 27.7 Å². The summed E-state index contributed by atoms with van der Waals surface area (Å²) in [5.41, 5.74) is 8.48. The molecule has 2 heteroatoms. The van der Waals surface area contributed by atoms with Crippen LogP contribution in [-0.4, -0.2) is 5.11 Å². The summed E-state index contributed by atoms with van der Waals surface area (Å²) < 4.78 is 0. The van der Waals surface area contributed by atoms with E-state index in [1.165, 1.54) is 11.1 Å². The van der Waals surface area contributed by atoms with Crippen molar-refractivity contribution in [1.82, 2.24) is 0 Å². The third-order valence-corrected chi connectivity index (χ3v) is 5.05. The van der Waals surface area contributed by atoms with E-state index in [2.05, 4.69) is 32.0 Å². The highest BCUT2D eigenvalue weighted by molar-refractivity contribution is 6.36. The third kappa shape index (κ3) is 2.70. The Morgan fingerprint density at radius 3 is 2.08 bits per heavy atom. The lowest BCUT2D eigenvalue weighted by Gasteiger charge is -2.21. The Kier molecular flexibility index (Phi) is 4.38. The lowest BCUT2D eigenvalue weighted by Crippen LogP contribution is -1.97. The second-order valence-electron chi connectivity index (χ2n) is 6.35. The molecule has 0 heterocycles. The number of aryl methyl sites for hydroxylation is 2. The van der Waals surface area contributed by atoms with Gasteiger partial charge in [-0.3, -0.25) is 0 Å². The number of hydrogen-bond acceptors (Lipinski definition) is 1. The normalized spacial score (nSPS) is 10.9. The molecule has 0 fully saturated rings. The van der Waals surface area contributed by atoms with Gasteiger partial charge in [-0.15, -0.1) is 0 Å². The summed E-state index contributed by atoms with van der Waals surface area (Å²) in [6.07, 6.45) is 0. The van der Waals surface area contributed by atoms with Gasteiger partial charge in [0.15, 0.2) is 0 Å². The van der Waals surface area contributed by atoms with Gasteiger partial charge in [0, 0.05) is 5.56 Å². The zero-order valence-electron chi connectivity index (χ0n) is 14.4. The van der Waals surface area contributed by atoms with Gasteiger partial charge in [-0.25, -0.2) is 0 Å². The molecule has 0 unspecified atom stereocenters. The topological polar surface area (TPSA) is 20.2 Å². The monoisotopic (exact) mass is 336 g/mol. The van der Waals surface area contributed by atoms with Crippen molar-refractivity contribution in [2.24, 2.45) is 0 Å². The fraction of sp³-hybridized carbons (Fsp3) is 0.182. The molecule has 0 amide bonds. The highest BCUT2D eigenvalue weighted by Gasteiger charge is 2.21. The number of phenolic OH excluding ortho intramolecular Hbond substituents is 1. The molecule has 1 N–H and O–H groups in total. The van der Waals surface area contributed by atoms with Crippen molar-refractivity contribution in [3.8, 4) is 28.0 Å². The van der Waals surface area contributed by atoms with Crippen molar-refractivity contribution in [2.45, 2.75) is 27.7 Å². The molecule has 3 aromatic carbocycles. The minimum atomic E-state index is 0.168. The zero-order valence-corrected chi connectivity index (χ0v) is 15.2. The minimum absolute atomic E-state index is 0.168. The van der Waals surface area contributed by atoms with Crippen molar-refractivity contribution in [3.05, 3.63) is 75.8 Å². The van der Waals surface area contributed by atoms with E-state index in [1.807, 2.05) is 44.2 Å². The summed E-state index contributed by atoms with van der Waals surface area (Å²) in [4.78, 5) is 0. The summed E-state index contributed by atoms with van der Waals surface area (Å²) in [6, 6.07) is 16.5. The molecule has 0 saturated carbocycles. The predicted octanol–water partition coefficient (Wildman–Crippen LogP) is 6.61. The highest BCUT2D eigenvalue weighted by Crippen LogP contribution is 2.47. The van der Waals surface area contributed by atoms with Crippen molar-refractivity contribution in [3.63, 3.8) is 0 Å². The van der Waals surface area contributed by atoms with Crippen LogP contribution in [0.1, 0.15) is 22.3 Å². The zero-order chi connectivity index (χ0) is 17.4. The average molecular weight is 337 g/mol. The average Bonchev–Trinajstić information content (AvgIpc) is 2.57. The molecule has 0 spiro atoms. The number of halogens is 1. The molecule has 0 aliphatic heterocycles. The number of rotatable bonds is 2. The van der Waals surface area contributed by atoms with Gasteiger partial charge in [-0.1, -0.05) is 65.7 Å². The fourth-order valence-electron chi connectivity index (χ4n) is 3.25. The quantitative estimate of drug-likeness (QED) is 0.558. The number of phenols is 1. The molecule has 24 heavy (non-hydrogen) atoms. The van der Waals surface area contributed by atoms with Crippen LogP contribution in [0.2, 0.25) is 5.02 Å². The largest absolute Gasteiger partial charge is 0.506 e. The van der Waals surface area contributed by atoms with Gasteiger partial charge in [-0.2, -0.15) is 0 Å². The summed E-state index contributed by atoms with van der Waals surface area (Å²) in [5.74, 6) is 0.168. The first-order valence-corrected chi connectivity index (χ1v) is 8.44. The van der Waals surface area contributed by atoms with Gasteiger partial charge in [0.25, 0.3) is 0 Å². The van der Waals surface area contributed by atoms with Crippen LogP contribution in [0.25, 0.3) is 22.3 Å². The van der Waals surface area contributed by atoms with Crippen molar-refractivity contribution in [2.75, 3.05) is 0 Å². The molecule has 0 saturated heterocycles. The Hall–Kier alpha value is -2.25. The van der Waals surface area contributed by atoms with Gasteiger partial charge < -0.3 is 5.11 Å². The maximum atomic E-state index is 10.5. The Bertz CT molecular complexity index is 911. The van der Waals surface area contributed by atoms with Crippen molar-refractivity contribution >= 4 is 11.6 Å². The molecular weight excluding hydrogens is 316 g/mol. The Labute approximate surface area is 148 Å². The van der Waals surface area contributed by atoms with Gasteiger partial charge in [0.1, 0.15) is 5.75 Å². The first-order chi connectivity index (χ1) is 11.4. The smallest absolute Gasteiger partial charge is 0.138 e. The van der Waals surface area contributed by atoms with E-state index in [0.717, 1.165) is 33.4 Å². The standard InChI is InChI=1S/C22H21ClO/c1-13-10-11-18(14(2)12-13)19-15(3)16(4)22(24)21(23)20(19)17-8-6-5-7-9-17/h5-12,24H,1-4H3. The van der Waals surface area contributed by atoms with Crippen molar-refractivity contribution in [1.29, 1.82) is 0 Å². The Morgan fingerprint density at radius 2 is 1.46 bits per heavy atom. The molecule has 3 aromatic rings. The molecular formula is C22H21ClO. The van der Waals surface area contributed by atoms with Crippen LogP contribution in [-0.2, 0) is 0 Å². The third-order valence-electron chi connectivity index (χ3n) is 4.68. The predicted molar refractivity (Wildman–Crippen MR) is 103 cm³/mol. The van der Waals surface area contributed by atoms with Gasteiger partial charge in [0.2, 0.25) is 0 Å². The molecule has 122 valence electrons. The molecule has 0 radical (unpaired) electrons. The van der Waals surface area contributed by atoms with Crippen LogP contribution in [0.15, 0.2) is 48.5 Å². The molecule has 1 nitrogen and oxygen atoms in total. The molecule has 0 atom stereocenters.